The second-order valence-corrected chi connectivity index (χ2v) is 7.35. The highest BCUT2D eigenvalue weighted by molar-refractivity contribution is 7.13. The molecule has 1 amide bonds. The van der Waals surface area contributed by atoms with Crippen molar-refractivity contribution in [2.45, 2.75) is 6.92 Å². The monoisotopic (exact) mass is 389 g/mol. The Labute approximate surface area is 163 Å². The van der Waals surface area contributed by atoms with Gasteiger partial charge < -0.3 is 0 Å². The summed E-state index contributed by atoms with van der Waals surface area (Å²) in [6.07, 6.45) is 5.33. The van der Waals surface area contributed by atoms with Crippen molar-refractivity contribution in [3.8, 4) is 11.1 Å². The molecule has 8 nitrogen and oxygen atoms in total. The summed E-state index contributed by atoms with van der Waals surface area (Å²) in [4.78, 5) is 17.2. The SMILES string of the molecule is Cc1csc(NC(=O)c2cc(-c3ccc4c(cnn4C)c3)cn3cnnc23)n1. The first-order chi connectivity index (χ1) is 13.6. The molecule has 0 spiro atoms. The van der Waals surface area contributed by atoms with Crippen LogP contribution in [0.3, 0.4) is 0 Å². The Morgan fingerprint density at radius 2 is 2.11 bits per heavy atom. The van der Waals surface area contributed by atoms with Gasteiger partial charge in [0.1, 0.15) is 6.33 Å². The van der Waals surface area contributed by atoms with Gasteiger partial charge in [0, 0.05) is 24.0 Å². The molecular formula is C19H15N7OS. The number of rotatable bonds is 3. The van der Waals surface area contributed by atoms with Crippen LogP contribution in [0.2, 0.25) is 0 Å². The molecule has 138 valence electrons. The molecule has 0 aliphatic heterocycles. The van der Waals surface area contributed by atoms with Crippen LogP contribution in [0.15, 0.2) is 48.4 Å². The molecule has 4 aromatic heterocycles. The third kappa shape index (κ3) is 2.72. The van der Waals surface area contributed by atoms with Gasteiger partial charge in [0.2, 0.25) is 0 Å². The number of aromatic nitrogens is 6. The number of hydrogen-bond donors (Lipinski definition) is 1. The van der Waals surface area contributed by atoms with E-state index in [0.717, 1.165) is 27.7 Å². The second kappa shape index (κ2) is 6.24. The number of anilines is 1. The lowest BCUT2D eigenvalue weighted by molar-refractivity contribution is 0.102. The Hall–Kier alpha value is -3.59. The van der Waals surface area contributed by atoms with Gasteiger partial charge in [-0.25, -0.2) is 4.98 Å². The number of hydrogen-bond acceptors (Lipinski definition) is 6. The van der Waals surface area contributed by atoms with Crippen molar-refractivity contribution >= 4 is 38.9 Å². The molecule has 5 rings (SSSR count). The third-order valence-corrected chi connectivity index (χ3v) is 5.43. The molecular weight excluding hydrogens is 374 g/mol. The fourth-order valence-electron chi connectivity index (χ4n) is 3.18. The van der Waals surface area contributed by atoms with Gasteiger partial charge in [-0.1, -0.05) is 6.07 Å². The highest BCUT2D eigenvalue weighted by Crippen LogP contribution is 2.27. The molecule has 0 aliphatic rings. The fraction of sp³-hybridized carbons (Fsp3) is 0.105. The quantitative estimate of drug-likeness (QED) is 0.511. The standard InChI is InChI=1S/C19H15N7OS/c1-11-9-28-19(22-11)23-18(27)15-6-14(8-26-10-20-24-17(15)26)12-3-4-16-13(5-12)7-21-25(16)2/h3-10H,1-2H3,(H,22,23,27). The van der Waals surface area contributed by atoms with Crippen LogP contribution in [0.25, 0.3) is 27.7 Å². The minimum Gasteiger partial charge on any atom is -0.298 e. The van der Waals surface area contributed by atoms with E-state index in [1.54, 1.807) is 10.7 Å². The second-order valence-electron chi connectivity index (χ2n) is 6.49. The number of amides is 1. The first-order valence-electron chi connectivity index (χ1n) is 8.57. The summed E-state index contributed by atoms with van der Waals surface area (Å²) in [7, 11) is 1.91. The summed E-state index contributed by atoms with van der Waals surface area (Å²) in [5, 5.41) is 18.7. The predicted molar refractivity (Wildman–Crippen MR) is 107 cm³/mol. The summed E-state index contributed by atoms with van der Waals surface area (Å²) in [6.45, 7) is 1.89. The van der Waals surface area contributed by atoms with Crippen molar-refractivity contribution in [3.05, 3.63) is 59.6 Å². The summed E-state index contributed by atoms with van der Waals surface area (Å²) < 4.78 is 3.59. The lowest BCUT2D eigenvalue weighted by atomic mass is 10.0. The van der Waals surface area contributed by atoms with Crippen molar-refractivity contribution in [1.29, 1.82) is 0 Å². The predicted octanol–water partition coefficient (Wildman–Crippen LogP) is 3.30. The molecule has 0 aliphatic carbocycles. The zero-order valence-corrected chi connectivity index (χ0v) is 15.9. The summed E-state index contributed by atoms with van der Waals surface area (Å²) in [5.74, 6) is -0.267. The van der Waals surface area contributed by atoms with E-state index >= 15 is 0 Å². The van der Waals surface area contributed by atoms with Crippen molar-refractivity contribution in [2.24, 2.45) is 7.05 Å². The Morgan fingerprint density at radius 3 is 2.93 bits per heavy atom. The topological polar surface area (TPSA) is 90.0 Å². The van der Waals surface area contributed by atoms with Crippen molar-refractivity contribution in [2.75, 3.05) is 5.32 Å². The van der Waals surface area contributed by atoms with Gasteiger partial charge in [-0.3, -0.25) is 19.2 Å². The minimum atomic E-state index is -0.267. The van der Waals surface area contributed by atoms with E-state index in [4.69, 9.17) is 0 Å². The number of thiazole rings is 1. The lowest BCUT2D eigenvalue weighted by Crippen LogP contribution is -2.13. The van der Waals surface area contributed by atoms with Crippen LogP contribution in [0.5, 0.6) is 0 Å². The molecule has 0 unspecified atom stereocenters. The molecule has 1 aromatic carbocycles. The van der Waals surface area contributed by atoms with Crippen LogP contribution in [0, 0.1) is 6.92 Å². The van der Waals surface area contributed by atoms with Crippen LogP contribution >= 0.6 is 11.3 Å². The van der Waals surface area contributed by atoms with Crippen LogP contribution in [-0.2, 0) is 7.05 Å². The first kappa shape index (κ1) is 16.6. The molecule has 9 heteroatoms. The van der Waals surface area contributed by atoms with Crippen LogP contribution in [0.4, 0.5) is 5.13 Å². The summed E-state index contributed by atoms with van der Waals surface area (Å²) in [6, 6.07) is 7.92. The highest BCUT2D eigenvalue weighted by atomic mass is 32.1. The van der Waals surface area contributed by atoms with E-state index in [2.05, 4.69) is 31.7 Å². The van der Waals surface area contributed by atoms with Gasteiger partial charge in [-0.2, -0.15) is 5.10 Å². The smallest absolute Gasteiger partial charge is 0.261 e. The van der Waals surface area contributed by atoms with Gasteiger partial charge in [0.15, 0.2) is 10.8 Å². The van der Waals surface area contributed by atoms with E-state index in [-0.39, 0.29) is 5.91 Å². The Morgan fingerprint density at radius 1 is 1.21 bits per heavy atom. The average molecular weight is 389 g/mol. The molecule has 0 saturated carbocycles. The minimum absolute atomic E-state index is 0.267. The van der Waals surface area contributed by atoms with Gasteiger partial charge in [0.05, 0.1) is 23.0 Å². The Bertz CT molecular complexity index is 1350. The zero-order valence-electron chi connectivity index (χ0n) is 15.1. The maximum atomic E-state index is 12.9. The van der Waals surface area contributed by atoms with Crippen molar-refractivity contribution in [1.82, 2.24) is 29.4 Å². The molecule has 0 radical (unpaired) electrons. The molecule has 5 aromatic rings. The van der Waals surface area contributed by atoms with Gasteiger partial charge in [-0.05, 0) is 36.2 Å². The molecule has 4 heterocycles. The van der Waals surface area contributed by atoms with Crippen molar-refractivity contribution in [3.63, 3.8) is 0 Å². The first-order valence-corrected chi connectivity index (χ1v) is 9.45. The zero-order chi connectivity index (χ0) is 19.3. The molecule has 0 saturated heterocycles. The number of carbonyl (C=O) groups excluding carboxylic acids is 1. The number of carbonyl (C=O) groups is 1. The van der Waals surface area contributed by atoms with Gasteiger partial charge in [-0.15, -0.1) is 21.5 Å². The number of benzene rings is 1. The fourth-order valence-corrected chi connectivity index (χ4v) is 3.86. The van der Waals surface area contributed by atoms with Crippen LogP contribution in [-0.4, -0.2) is 35.3 Å². The Balaban J connectivity index is 1.60. The van der Waals surface area contributed by atoms with E-state index in [9.17, 15) is 4.79 Å². The highest BCUT2D eigenvalue weighted by Gasteiger charge is 2.16. The number of nitrogens with one attached hydrogen (secondary N) is 1. The summed E-state index contributed by atoms with van der Waals surface area (Å²) >= 11 is 1.39. The number of nitrogens with zero attached hydrogens (tertiary/aromatic N) is 6. The number of pyridine rings is 1. The largest absolute Gasteiger partial charge is 0.298 e. The van der Waals surface area contributed by atoms with Crippen molar-refractivity contribution < 1.29 is 4.79 Å². The number of aryl methyl sites for hydroxylation is 2. The molecule has 1 N–H and O–H groups in total. The van der Waals surface area contributed by atoms with E-state index in [1.165, 1.54) is 11.3 Å². The molecule has 28 heavy (non-hydrogen) atoms. The maximum Gasteiger partial charge on any atom is 0.261 e. The molecule has 0 bridgehead atoms. The lowest BCUT2D eigenvalue weighted by Gasteiger charge is -2.08. The summed E-state index contributed by atoms with van der Waals surface area (Å²) in [5.41, 5.74) is 4.72. The van der Waals surface area contributed by atoms with Gasteiger partial charge in [0.25, 0.3) is 5.91 Å². The van der Waals surface area contributed by atoms with E-state index in [1.807, 2.05) is 54.6 Å². The molecule has 0 atom stereocenters. The van der Waals surface area contributed by atoms with Gasteiger partial charge >= 0.3 is 0 Å². The van der Waals surface area contributed by atoms with Crippen LogP contribution < -0.4 is 5.32 Å². The maximum absolute atomic E-state index is 12.9. The van der Waals surface area contributed by atoms with Crippen LogP contribution in [0.1, 0.15) is 16.1 Å². The van der Waals surface area contributed by atoms with E-state index < -0.39 is 0 Å². The third-order valence-electron chi connectivity index (χ3n) is 4.56. The average Bonchev–Trinajstić information content (AvgIpc) is 3.41. The number of fused-ring (bicyclic) bond motifs is 2. The Kier molecular flexibility index (Phi) is 3.69. The normalized spacial score (nSPS) is 11.4. The van der Waals surface area contributed by atoms with E-state index in [0.29, 0.717) is 16.3 Å². The molecule has 0 fully saturated rings.